The molecule has 0 aliphatic carbocycles. The molecular formula is C20H17Cl2N7O4. The second-order valence-corrected chi connectivity index (χ2v) is 8.46. The van der Waals surface area contributed by atoms with E-state index in [1.165, 1.54) is 11.1 Å². The normalized spacial score (nSPS) is 16.4. The van der Waals surface area contributed by atoms with Gasteiger partial charge in [-0.1, -0.05) is 23.2 Å². The predicted octanol–water partition coefficient (Wildman–Crippen LogP) is 4.03. The van der Waals surface area contributed by atoms with Gasteiger partial charge in [0.1, 0.15) is 11.3 Å². The van der Waals surface area contributed by atoms with E-state index in [-0.39, 0.29) is 40.5 Å². The number of hydrogen-bond acceptors (Lipinski definition) is 7. The molecule has 4 aromatic rings. The van der Waals surface area contributed by atoms with Gasteiger partial charge in [0.05, 0.1) is 28.2 Å². The lowest BCUT2D eigenvalue weighted by Gasteiger charge is -2.31. The van der Waals surface area contributed by atoms with Crippen molar-refractivity contribution in [2.75, 3.05) is 24.1 Å². The van der Waals surface area contributed by atoms with Crippen molar-refractivity contribution in [2.24, 2.45) is 0 Å². The number of fused-ring (bicyclic) bond motifs is 2. The Kier molecular flexibility index (Phi) is 5.22. The summed E-state index contributed by atoms with van der Waals surface area (Å²) in [5.74, 6) is -0.556. The molecule has 11 nitrogen and oxygen atoms in total. The Balaban J connectivity index is 1.55. The van der Waals surface area contributed by atoms with Gasteiger partial charge in [-0.3, -0.25) is 14.8 Å². The molecule has 4 N–H and O–H groups in total. The lowest BCUT2D eigenvalue weighted by molar-refractivity contribution is 0.101. The summed E-state index contributed by atoms with van der Waals surface area (Å²) in [6.07, 6.45) is 1.66. The maximum atomic E-state index is 13.2. The van der Waals surface area contributed by atoms with Crippen molar-refractivity contribution in [2.45, 2.75) is 18.9 Å². The minimum absolute atomic E-state index is 0.0229. The zero-order chi connectivity index (χ0) is 23.3. The first-order valence-electron chi connectivity index (χ1n) is 9.99. The number of carbonyl (C=O) groups excluding carboxylic acids is 1. The number of nitrogens with one attached hydrogen (secondary N) is 1. The van der Waals surface area contributed by atoms with Crippen LogP contribution in [0, 0.1) is 0 Å². The Morgan fingerprint density at radius 1 is 1.30 bits per heavy atom. The first-order chi connectivity index (χ1) is 15.8. The summed E-state index contributed by atoms with van der Waals surface area (Å²) in [7, 11) is 0. The van der Waals surface area contributed by atoms with Crippen molar-refractivity contribution in [1.29, 1.82) is 0 Å². The van der Waals surface area contributed by atoms with Gasteiger partial charge >= 0.3 is 12.1 Å². The number of piperidine rings is 1. The van der Waals surface area contributed by atoms with Gasteiger partial charge in [-0.25, -0.2) is 9.78 Å². The average molecular weight is 490 g/mol. The fourth-order valence-corrected chi connectivity index (χ4v) is 4.42. The molecule has 1 fully saturated rings. The number of rotatable bonds is 3. The van der Waals surface area contributed by atoms with Crippen LogP contribution in [0.4, 0.5) is 16.6 Å². The molecular weight excluding hydrogens is 473 g/mol. The molecule has 4 heterocycles. The molecule has 33 heavy (non-hydrogen) atoms. The largest absolute Gasteiger partial charge is 0.465 e. The molecule has 0 spiro atoms. The van der Waals surface area contributed by atoms with Crippen molar-refractivity contribution >= 4 is 69.0 Å². The van der Waals surface area contributed by atoms with Crippen LogP contribution in [0.5, 0.6) is 0 Å². The van der Waals surface area contributed by atoms with Gasteiger partial charge in [0.25, 0.3) is 5.91 Å². The predicted molar refractivity (Wildman–Crippen MR) is 122 cm³/mol. The highest BCUT2D eigenvalue weighted by Crippen LogP contribution is 2.34. The summed E-state index contributed by atoms with van der Waals surface area (Å²) in [6.45, 7) is 0.634. The van der Waals surface area contributed by atoms with Crippen LogP contribution in [-0.2, 0) is 0 Å². The van der Waals surface area contributed by atoms with Gasteiger partial charge < -0.3 is 20.2 Å². The Bertz CT molecular complexity index is 1420. The van der Waals surface area contributed by atoms with E-state index in [1.54, 1.807) is 22.9 Å². The number of nitrogen functional groups attached to an aromatic ring is 1. The third-order valence-electron chi connectivity index (χ3n) is 5.51. The number of likely N-dealkylation sites (tertiary alicyclic amines) is 1. The fraction of sp³-hybridized carbons (Fsp3) is 0.250. The van der Waals surface area contributed by atoms with Crippen LogP contribution >= 0.6 is 23.2 Å². The molecule has 0 bridgehead atoms. The van der Waals surface area contributed by atoms with Gasteiger partial charge in [-0.05, 0) is 31.0 Å². The number of aromatic nitrogens is 4. The van der Waals surface area contributed by atoms with Crippen LogP contribution in [-0.4, -0.2) is 54.8 Å². The van der Waals surface area contributed by atoms with Gasteiger partial charge in [-0.2, -0.15) is 10.1 Å². The Labute approximate surface area is 196 Å². The number of halogens is 2. The molecule has 5 rings (SSSR count). The number of anilines is 2. The molecule has 2 amide bonds. The van der Waals surface area contributed by atoms with Crippen molar-refractivity contribution < 1.29 is 19.1 Å². The second-order valence-electron chi connectivity index (χ2n) is 7.62. The molecule has 170 valence electrons. The van der Waals surface area contributed by atoms with E-state index in [9.17, 15) is 14.7 Å². The molecule has 3 aromatic heterocycles. The summed E-state index contributed by atoms with van der Waals surface area (Å²) in [5.41, 5.74) is 7.41. The zero-order valence-electron chi connectivity index (χ0n) is 17.0. The number of nitrogens with two attached hydrogens (primary N) is 1. The fourth-order valence-electron chi connectivity index (χ4n) is 4.02. The third kappa shape index (κ3) is 3.79. The topological polar surface area (TPSA) is 152 Å². The molecule has 1 atom stereocenters. The standard InChI is InChI=1S/C20H17Cl2N7O4/c21-9-3-4-13-12(6-9)25-19(33-13)26-18(30)15-14-16(11(22)7-24-17(14)23)29(27-15)10-2-1-5-28(8-10)20(31)32/h3-4,6-7,10H,1-2,5,8H2,(H2,23,24)(H,31,32)(H,25,26,30)/t10-/m1/s1. The quantitative estimate of drug-likeness (QED) is 0.389. The number of benzene rings is 1. The number of oxazole rings is 1. The minimum Gasteiger partial charge on any atom is -0.465 e. The SMILES string of the molecule is Nc1ncc(Cl)c2c1c(C(=O)Nc1nc3cc(Cl)ccc3o1)nn2[C@@H]1CCCN(C(=O)O)C1. The molecule has 1 aliphatic heterocycles. The van der Waals surface area contributed by atoms with Crippen LogP contribution < -0.4 is 11.1 Å². The van der Waals surface area contributed by atoms with Crippen LogP contribution in [0.1, 0.15) is 29.4 Å². The highest BCUT2D eigenvalue weighted by Gasteiger charge is 2.30. The lowest BCUT2D eigenvalue weighted by atomic mass is 10.1. The molecule has 1 aliphatic rings. The average Bonchev–Trinajstić information content (AvgIpc) is 3.38. The Morgan fingerprint density at radius 2 is 2.12 bits per heavy atom. The maximum Gasteiger partial charge on any atom is 0.407 e. The van der Waals surface area contributed by atoms with Crippen molar-refractivity contribution in [3.8, 4) is 0 Å². The van der Waals surface area contributed by atoms with E-state index < -0.39 is 12.0 Å². The van der Waals surface area contributed by atoms with Gasteiger partial charge in [-0.15, -0.1) is 0 Å². The maximum absolute atomic E-state index is 13.2. The Morgan fingerprint density at radius 3 is 2.91 bits per heavy atom. The first kappa shape index (κ1) is 21.3. The lowest BCUT2D eigenvalue weighted by Crippen LogP contribution is -2.40. The van der Waals surface area contributed by atoms with E-state index in [2.05, 4.69) is 20.4 Å². The number of carbonyl (C=O) groups is 2. The monoisotopic (exact) mass is 489 g/mol. The van der Waals surface area contributed by atoms with Gasteiger partial charge in [0.15, 0.2) is 11.3 Å². The second kappa shape index (κ2) is 8.09. The minimum atomic E-state index is -1.02. The van der Waals surface area contributed by atoms with Crippen LogP contribution in [0.25, 0.3) is 22.0 Å². The number of hydrogen-bond donors (Lipinski definition) is 3. The van der Waals surface area contributed by atoms with E-state index in [0.29, 0.717) is 41.0 Å². The van der Waals surface area contributed by atoms with Crippen molar-refractivity contribution in [3.63, 3.8) is 0 Å². The van der Waals surface area contributed by atoms with E-state index in [4.69, 9.17) is 33.4 Å². The number of carboxylic acid groups (broad SMARTS) is 1. The number of pyridine rings is 1. The molecule has 0 saturated carbocycles. The number of nitrogens with zero attached hydrogens (tertiary/aromatic N) is 5. The summed E-state index contributed by atoms with van der Waals surface area (Å²) >= 11 is 12.4. The summed E-state index contributed by atoms with van der Waals surface area (Å²) in [5, 5.41) is 17.5. The summed E-state index contributed by atoms with van der Waals surface area (Å²) in [4.78, 5) is 34.2. The summed E-state index contributed by atoms with van der Waals surface area (Å²) in [6, 6.07) is 4.53. The smallest absolute Gasteiger partial charge is 0.407 e. The molecule has 0 radical (unpaired) electrons. The molecule has 13 heteroatoms. The van der Waals surface area contributed by atoms with Crippen LogP contribution in [0.3, 0.4) is 0 Å². The third-order valence-corrected chi connectivity index (χ3v) is 6.02. The van der Waals surface area contributed by atoms with Crippen LogP contribution in [0.2, 0.25) is 10.0 Å². The van der Waals surface area contributed by atoms with Crippen LogP contribution in [0.15, 0.2) is 28.8 Å². The summed E-state index contributed by atoms with van der Waals surface area (Å²) < 4.78 is 7.12. The Hall–Kier alpha value is -3.57. The van der Waals surface area contributed by atoms with Crippen molar-refractivity contribution in [3.05, 3.63) is 40.1 Å². The van der Waals surface area contributed by atoms with E-state index in [1.807, 2.05) is 0 Å². The van der Waals surface area contributed by atoms with Crippen molar-refractivity contribution in [1.82, 2.24) is 24.6 Å². The highest BCUT2D eigenvalue weighted by molar-refractivity contribution is 6.36. The molecule has 0 unspecified atom stereocenters. The van der Waals surface area contributed by atoms with E-state index in [0.717, 1.165) is 0 Å². The first-order valence-corrected chi connectivity index (χ1v) is 10.7. The molecule has 1 aromatic carbocycles. The van der Waals surface area contributed by atoms with Gasteiger partial charge in [0.2, 0.25) is 0 Å². The highest BCUT2D eigenvalue weighted by atomic mass is 35.5. The van der Waals surface area contributed by atoms with Gasteiger partial charge in [0, 0.05) is 18.1 Å². The zero-order valence-corrected chi connectivity index (χ0v) is 18.5. The number of amides is 2. The van der Waals surface area contributed by atoms with E-state index >= 15 is 0 Å². The molecule has 1 saturated heterocycles.